The molecule has 0 aliphatic carbocycles. The molecule has 7 nitrogen and oxygen atoms in total. The second kappa shape index (κ2) is 6.71. The Morgan fingerprint density at radius 2 is 2.04 bits per heavy atom. The van der Waals surface area contributed by atoms with Crippen LogP contribution in [0.4, 0.5) is 17.3 Å². The maximum atomic E-state index is 10.9. The van der Waals surface area contributed by atoms with Crippen LogP contribution in [-0.4, -0.2) is 19.9 Å². The van der Waals surface area contributed by atoms with E-state index in [4.69, 9.17) is 0 Å². The van der Waals surface area contributed by atoms with Crippen molar-refractivity contribution in [2.24, 2.45) is 0 Å². The number of rotatable bonds is 4. The van der Waals surface area contributed by atoms with Gasteiger partial charge in [0.25, 0.3) is 5.69 Å². The Morgan fingerprint density at radius 1 is 1.21 bits per heavy atom. The number of hydrogen-bond acceptors (Lipinski definition) is 6. The zero-order chi connectivity index (χ0) is 17.1. The third-order valence-corrected chi connectivity index (χ3v) is 3.77. The molecule has 0 saturated heterocycles. The Balaban J connectivity index is 1.93. The smallest absolute Gasteiger partial charge is 0.271 e. The van der Waals surface area contributed by atoms with Crippen molar-refractivity contribution in [3.8, 4) is 11.3 Å². The summed E-state index contributed by atoms with van der Waals surface area (Å²) in [5, 5.41) is 14.0. The average Bonchev–Trinajstić information content (AvgIpc) is 2.57. The normalized spacial score (nSPS) is 10.4. The molecule has 3 aromatic rings. The minimum absolute atomic E-state index is 0.00967. The molecule has 8 heteroatoms. The van der Waals surface area contributed by atoms with Gasteiger partial charge in [-0.25, -0.2) is 9.97 Å². The summed E-state index contributed by atoms with van der Waals surface area (Å²) in [6.07, 6.45) is 5.02. The van der Waals surface area contributed by atoms with Gasteiger partial charge in [-0.3, -0.25) is 15.1 Å². The molecule has 1 N–H and O–H groups in total. The Morgan fingerprint density at radius 3 is 2.79 bits per heavy atom. The molecule has 0 aliphatic heterocycles. The summed E-state index contributed by atoms with van der Waals surface area (Å²) in [7, 11) is 0. The molecule has 24 heavy (non-hydrogen) atoms. The van der Waals surface area contributed by atoms with E-state index in [1.165, 1.54) is 12.1 Å². The number of nitrogens with zero attached hydrogens (tertiary/aromatic N) is 4. The second-order valence-corrected chi connectivity index (χ2v) is 5.95. The van der Waals surface area contributed by atoms with Gasteiger partial charge >= 0.3 is 0 Å². The van der Waals surface area contributed by atoms with E-state index < -0.39 is 4.92 Å². The number of nitrogens with one attached hydrogen (secondary N) is 1. The summed E-state index contributed by atoms with van der Waals surface area (Å²) < 4.78 is 0.850. The molecule has 1 aromatic carbocycles. The third kappa shape index (κ3) is 3.54. The number of pyridine rings is 1. The molecule has 0 unspecified atom stereocenters. The highest BCUT2D eigenvalue weighted by Gasteiger charge is 2.10. The summed E-state index contributed by atoms with van der Waals surface area (Å²) in [5.74, 6) is 0.357. The molecule has 120 valence electrons. The molecule has 2 heterocycles. The number of non-ortho nitro benzene ring substituents is 1. The Labute approximate surface area is 146 Å². The molecule has 0 fully saturated rings. The van der Waals surface area contributed by atoms with Crippen LogP contribution in [0.3, 0.4) is 0 Å². The fourth-order valence-electron chi connectivity index (χ4n) is 2.11. The lowest BCUT2D eigenvalue weighted by Gasteiger charge is -2.09. The molecule has 0 bridgehead atoms. The van der Waals surface area contributed by atoms with Crippen molar-refractivity contribution in [2.75, 3.05) is 5.32 Å². The van der Waals surface area contributed by atoms with Gasteiger partial charge < -0.3 is 5.32 Å². The molecule has 0 atom stereocenters. The first kappa shape index (κ1) is 16.0. The number of nitro groups is 1. The van der Waals surface area contributed by atoms with Gasteiger partial charge in [-0.15, -0.1) is 0 Å². The number of benzene rings is 1. The van der Waals surface area contributed by atoms with E-state index in [0.29, 0.717) is 17.3 Å². The zero-order valence-electron chi connectivity index (χ0n) is 12.6. The van der Waals surface area contributed by atoms with E-state index in [0.717, 1.165) is 15.6 Å². The van der Waals surface area contributed by atoms with Crippen LogP contribution < -0.4 is 5.32 Å². The van der Waals surface area contributed by atoms with Crippen molar-refractivity contribution < 1.29 is 4.92 Å². The van der Waals surface area contributed by atoms with Gasteiger partial charge in [-0.1, -0.05) is 6.07 Å². The van der Waals surface area contributed by atoms with Crippen LogP contribution in [0, 0.1) is 17.0 Å². The van der Waals surface area contributed by atoms with Gasteiger partial charge in [-0.2, -0.15) is 0 Å². The molecule has 3 rings (SSSR count). The summed E-state index contributed by atoms with van der Waals surface area (Å²) in [4.78, 5) is 23.2. The summed E-state index contributed by atoms with van der Waals surface area (Å²) in [6.45, 7) is 1.86. The number of hydrogen-bond donors (Lipinski definition) is 1. The quantitative estimate of drug-likeness (QED) is 0.532. The highest BCUT2D eigenvalue weighted by molar-refractivity contribution is 9.10. The van der Waals surface area contributed by atoms with Crippen molar-refractivity contribution in [2.45, 2.75) is 6.92 Å². The van der Waals surface area contributed by atoms with E-state index >= 15 is 0 Å². The summed E-state index contributed by atoms with van der Waals surface area (Å²) in [5.41, 5.74) is 3.00. The monoisotopic (exact) mass is 385 g/mol. The van der Waals surface area contributed by atoms with Crippen molar-refractivity contribution in [1.29, 1.82) is 0 Å². The van der Waals surface area contributed by atoms with Crippen LogP contribution in [0.25, 0.3) is 11.3 Å². The standard InChI is InChI=1S/C16H12BrN5O2/c1-10-2-3-13(22(23)24)7-15(10)21-16-19-5-4-14(20-16)11-6-12(17)9-18-8-11/h2-9H,1H3,(H,19,20,21). The number of aryl methyl sites for hydroxylation is 1. The van der Waals surface area contributed by atoms with Crippen LogP contribution in [0.2, 0.25) is 0 Å². The van der Waals surface area contributed by atoms with Gasteiger partial charge in [0.15, 0.2) is 0 Å². The van der Waals surface area contributed by atoms with E-state index in [9.17, 15) is 10.1 Å². The van der Waals surface area contributed by atoms with E-state index in [-0.39, 0.29) is 5.69 Å². The second-order valence-electron chi connectivity index (χ2n) is 5.04. The lowest BCUT2D eigenvalue weighted by Crippen LogP contribution is -2.00. The van der Waals surface area contributed by atoms with Crippen molar-refractivity contribution in [3.05, 3.63) is 69.1 Å². The van der Waals surface area contributed by atoms with Gasteiger partial charge in [0.05, 0.1) is 16.3 Å². The van der Waals surface area contributed by atoms with Crippen LogP contribution in [-0.2, 0) is 0 Å². The molecule has 2 aromatic heterocycles. The Hall–Kier alpha value is -2.87. The lowest BCUT2D eigenvalue weighted by atomic mass is 10.2. The van der Waals surface area contributed by atoms with Gasteiger partial charge in [0.1, 0.15) is 0 Å². The molecule has 0 spiro atoms. The SMILES string of the molecule is Cc1ccc([N+](=O)[O-])cc1Nc1nccc(-c2cncc(Br)c2)n1. The highest BCUT2D eigenvalue weighted by Crippen LogP contribution is 2.25. The number of aromatic nitrogens is 3. The average molecular weight is 386 g/mol. The van der Waals surface area contributed by atoms with Crippen molar-refractivity contribution >= 4 is 33.3 Å². The number of anilines is 2. The van der Waals surface area contributed by atoms with Crippen LogP contribution >= 0.6 is 15.9 Å². The van der Waals surface area contributed by atoms with Gasteiger partial charge in [-0.05, 0) is 40.5 Å². The predicted octanol–water partition coefficient (Wildman–Crippen LogP) is 4.26. The number of halogens is 1. The van der Waals surface area contributed by atoms with Crippen molar-refractivity contribution in [3.63, 3.8) is 0 Å². The molecule has 0 saturated carbocycles. The third-order valence-electron chi connectivity index (χ3n) is 3.33. The van der Waals surface area contributed by atoms with E-state index in [2.05, 4.69) is 36.2 Å². The minimum Gasteiger partial charge on any atom is -0.324 e. The van der Waals surface area contributed by atoms with Crippen LogP contribution in [0.15, 0.2) is 53.4 Å². The molecule has 0 amide bonds. The zero-order valence-corrected chi connectivity index (χ0v) is 14.2. The first-order valence-corrected chi connectivity index (χ1v) is 7.78. The summed E-state index contributed by atoms with van der Waals surface area (Å²) >= 11 is 3.38. The minimum atomic E-state index is -0.435. The van der Waals surface area contributed by atoms with E-state index in [1.807, 2.05) is 13.0 Å². The Bertz CT molecular complexity index is 916. The molecular weight excluding hydrogens is 374 g/mol. The lowest BCUT2D eigenvalue weighted by molar-refractivity contribution is -0.384. The fraction of sp³-hybridized carbons (Fsp3) is 0.0625. The largest absolute Gasteiger partial charge is 0.324 e. The molecular formula is C16H12BrN5O2. The van der Waals surface area contributed by atoms with Crippen LogP contribution in [0.1, 0.15) is 5.56 Å². The van der Waals surface area contributed by atoms with Crippen LogP contribution in [0.5, 0.6) is 0 Å². The predicted molar refractivity (Wildman–Crippen MR) is 94.1 cm³/mol. The van der Waals surface area contributed by atoms with E-state index in [1.54, 1.807) is 30.7 Å². The maximum Gasteiger partial charge on any atom is 0.271 e. The topological polar surface area (TPSA) is 93.8 Å². The van der Waals surface area contributed by atoms with Gasteiger partial charge in [0, 0.05) is 40.8 Å². The van der Waals surface area contributed by atoms with Crippen molar-refractivity contribution in [1.82, 2.24) is 15.0 Å². The first-order chi connectivity index (χ1) is 11.5. The highest BCUT2D eigenvalue weighted by atomic mass is 79.9. The van der Waals surface area contributed by atoms with Gasteiger partial charge in [0.2, 0.25) is 5.95 Å². The Kier molecular flexibility index (Phi) is 4.48. The number of nitro benzene ring substituents is 1. The molecule has 0 radical (unpaired) electrons. The maximum absolute atomic E-state index is 10.9. The molecule has 0 aliphatic rings. The first-order valence-electron chi connectivity index (χ1n) is 6.99. The fourth-order valence-corrected chi connectivity index (χ4v) is 2.48. The summed E-state index contributed by atoms with van der Waals surface area (Å²) in [6, 6.07) is 8.28.